The number of rotatable bonds is 16. The van der Waals surface area contributed by atoms with Crippen molar-refractivity contribution in [1.82, 2.24) is 5.32 Å². The van der Waals surface area contributed by atoms with Crippen molar-refractivity contribution < 1.29 is 28.7 Å². The van der Waals surface area contributed by atoms with Crippen LogP contribution in [0.4, 0.5) is 5.69 Å². The van der Waals surface area contributed by atoms with Crippen LogP contribution in [0.25, 0.3) is 10.8 Å². The molecule has 2 amide bonds. The quantitative estimate of drug-likeness (QED) is 0.0873. The summed E-state index contributed by atoms with van der Waals surface area (Å²) in [6, 6.07) is 18.2. The predicted molar refractivity (Wildman–Crippen MR) is 161 cm³/mol. The second-order valence-corrected chi connectivity index (χ2v) is 10.0. The van der Waals surface area contributed by atoms with E-state index in [4.69, 9.17) is 16.2 Å². The average Bonchev–Trinajstić information content (AvgIpc) is 3.01. The van der Waals surface area contributed by atoms with Crippen LogP contribution in [0.2, 0.25) is 0 Å². The van der Waals surface area contributed by atoms with Crippen molar-refractivity contribution in [3.05, 3.63) is 77.9 Å². The molecule has 6 N–H and O–H groups in total. The SMILES string of the molecule is COC(=O)C(CCCN)NC(=O)C(CCCCN)CC(=O)C(=O)c1ccccc1NC(=O)c1ccc2ccccc2c1. The smallest absolute Gasteiger partial charge is 0.328 e. The van der Waals surface area contributed by atoms with E-state index < -0.39 is 41.3 Å². The number of nitrogens with two attached hydrogens (primary N) is 2. The molecular weight excluding hydrogens is 536 g/mol. The fourth-order valence-electron chi connectivity index (χ4n) is 4.65. The van der Waals surface area contributed by atoms with Gasteiger partial charge in [-0.3, -0.25) is 19.2 Å². The number of anilines is 1. The first-order valence-corrected chi connectivity index (χ1v) is 14.0. The molecule has 3 aromatic rings. The maximum atomic E-state index is 13.3. The molecule has 0 aromatic heterocycles. The largest absolute Gasteiger partial charge is 0.467 e. The van der Waals surface area contributed by atoms with E-state index in [0.29, 0.717) is 44.3 Å². The zero-order valence-electron chi connectivity index (χ0n) is 23.8. The highest BCUT2D eigenvalue weighted by Crippen LogP contribution is 2.22. The van der Waals surface area contributed by atoms with Crippen LogP contribution >= 0.6 is 0 Å². The molecule has 0 spiro atoms. The van der Waals surface area contributed by atoms with Crippen molar-refractivity contribution in [2.45, 2.75) is 44.6 Å². The molecule has 0 saturated carbocycles. The lowest BCUT2D eigenvalue weighted by Crippen LogP contribution is -2.45. The normalized spacial score (nSPS) is 12.3. The van der Waals surface area contributed by atoms with Gasteiger partial charge in [-0.05, 0) is 73.8 Å². The summed E-state index contributed by atoms with van der Waals surface area (Å²) in [5, 5.41) is 7.28. The van der Waals surface area contributed by atoms with Crippen LogP contribution < -0.4 is 22.1 Å². The number of fused-ring (bicyclic) bond motifs is 1. The number of benzene rings is 3. The average molecular weight is 575 g/mol. The fraction of sp³-hybridized carbons (Fsp3) is 0.344. The van der Waals surface area contributed by atoms with Gasteiger partial charge in [0, 0.05) is 23.5 Å². The highest BCUT2D eigenvalue weighted by atomic mass is 16.5. The number of nitrogens with one attached hydrogen (secondary N) is 2. The zero-order chi connectivity index (χ0) is 30.5. The summed E-state index contributed by atoms with van der Waals surface area (Å²) in [4.78, 5) is 65.0. The second-order valence-electron chi connectivity index (χ2n) is 10.0. The van der Waals surface area contributed by atoms with E-state index >= 15 is 0 Å². The molecule has 0 fully saturated rings. The summed E-state index contributed by atoms with van der Waals surface area (Å²) in [6.45, 7) is 0.736. The van der Waals surface area contributed by atoms with Crippen molar-refractivity contribution in [3.63, 3.8) is 0 Å². The molecule has 42 heavy (non-hydrogen) atoms. The Morgan fingerprint density at radius 2 is 1.50 bits per heavy atom. The van der Waals surface area contributed by atoms with Crippen LogP contribution in [0.1, 0.15) is 59.2 Å². The van der Waals surface area contributed by atoms with E-state index in [0.717, 1.165) is 10.8 Å². The Morgan fingerprint density at radius 1 is 0.810 bits per heavy atom. The van der Waals surface area contributed by atoms with Crippen LogP contribution in [0.5, 0.6) is 0 Å². The first-order valence-electron chi connectivity index (χ1n) is 14.0. The number of hydrogen-bond donors (Lipinski definition) is 4. The maximum absolute atomic E-state index is 13.3. The molecule has 3 aromatic carbocycles. The number of methoxy groups -OCH3 is 1. The van der Waals surface area contributed by atoms with Gasteiger partial charge in [0.15, 0.2) is 0 Å². The van der Waals surface area contributed by atoms with Crippen molar-refractivity contribution >= 4 is 45.8 Å². The number of ether oxygens (including phenoxy) is 1. The Hall–Kier alpha value is -4.41. The summed E-state index contributed by atoms with van der Waals surface area (Å²) in [5.74, 6) is -4.05. The highest BCUT2D eigenvalue weighted by molar-refractivity contribution is 6.45. The molecule has 0 bridgehead atoms. The number of carbonyl (C=O) groups is 5. The number of hydrogen-bond acceptors (Lipinski definition) is 8. The highest BCUT2D eigenvalue weighted by Gasteiger charge is 2.30. The van der Waals surface area contributed by atoms with Crippen LogP contribution in [0.15, 0.2) is 66.7 Å². The van der Waals surface area contributed by atoms with E-state index in [9.17, 15) is 24.0 Å². The number of Topliss-reactive ketones (excluding diaryl/α,β-unsaturated/α-hetero) is 2. The minimum absolute atomic E-state index is 0.0214. The molecule has 2 unspecified atom stereocenters. The molecule has 222 valence electrons. The number of para-hydroxylation sites is 1. The maximum Gasteiger partial charge on any atom is 0.328 e. The number of amides is 2. The van der Waals surface area contributed by atoms with E-state index in [1.54, 1.807) is 30.3 Å². The Bertz CT molecular complexity index is 1420. The van der Waals surface area contributed by atoms with E-state index in [2.05, 4.69) is 10.6 Å². The Morgan fingerprint density at radius 3 is 2.21 bits per heavy atom. The third kappa shape index (κ3) is 8.79. The summed E-state index contributed by atoms with van der Waals surface area (Å²) >= 11 is 0. The summed E-state index contributed by atoms with van der Waals surface area (Å²) < 4.78 is 4.80. The number of carbonyl (C=O) groups excluding carboxylic acids is 5. The Kier molecular flexibility index (Phi) is 12.3. The summed E-state index contributed by atoms with van der Waals surface area (Å²) in [6.07, 6.45) is 1.88. The molecule has 0 saturated heterocycles. The monoisotopic (exact) mass is 574 g/mol. The third-order valence-electron chi connectivity index (χ3n) is 6.99. The second kappa shape index (κ2) is 16.1. The first kappa shape index (κ1) is 32.1. The van der Waals surface area contributed by atoms with Gasteiger partial charge in [0.1, 0.15) is 6.04 Å². The number of ketones is 2. The van der Waals surface area contributed by atoms with E-state index in [1.807, 2.05) is 30.3 Å². The molecule has 0 radical (unpaired) electrons. The third-order valence-corrected chi connectivity index (χ3v) is 6.99. The standard InChI is InChI=1S/C32H38N4O6/c1-42-32(41)27(14-8-18-34)36-30(39)23(11-6-7-17-33)20-28(37)29(38)25-12-4-5-13-26(25)35-31(40)24-16-15-21-9-2-3-10-22(21)19-24/h2-5,9-10,12-13,15-16,19,23,27H,6-8,11,14,17-18,20,33-34H2,1H3,(H,35,40)(H,36,39). The van der Waals surface area contributed by atoms with Crippen molar-refractivity contribution in [2.24, 2.45) is 17.4 Å². The Balaban J connectivity index is 1.76. The molecule has 0 aliphatic heterocycles. The van der Waals surface area contributed by atoms with Crippen molar-refractivity contribution in [2.75, 3.05) is 25.5 Å². The van der Waals surface area contributed by atoms with Crippen molar-refractivity contribution in [1.29, 1.82) is 0 Å². The molecule has 0 aliphatic carbocycles. The van der Waals surface area contributed by atoms with Crippen molar-refractivity contribution in [3.8, 4) is 0 Å². The zero-order valence-corrected chi connectivity index (χ0v) is 23.8. The minimum Gasteiger partial charge on any atom is -0.467 e. The van der Waals surface area contributed by atoms with Gasteiger partial charge in [0.25, 0.3) is 5.91 Å². The Labute approximate surface area is 245 Å². The molecule has 0 heterocycles. The van der Waals surface area contributed by atoms with Gasteiger partial charge in [-0.2, -0.15) is 0 Å². The van der Waals surface area contributed by atoms with Gasteiger partial charge in [-0.25, -0.2) is 4.79 Å². The molecule has 3 rings (SSSR count). The molecule has 10 nitrogen and oxygen atoms in total. The van der Waals surface area contributed by atoms with Gasteiger partial charge in [-0.15, -0.1) is 0 Å². The van der Waals surface area contributed by atoms with Gasteiger partial charge >= 0.3 is 5.97 Å². The van der Waals surface area contributed by atoms with Crippen LogP contribution in [0, 0.1) is 5.92 Å². The lowest BCUT2D eigenvalue weighted by Gasteiger charge is -2.21. The molecule has 0 aliphatic rings. The van der Waals surface area contributed by atoms with Crippen LogP contribution in [0.3, 0.4) is 0 Å². The lowest BCUT2D eigenvalue weighted by atomic mass is 9.91. The fourth-order valence-corrected chi connectivity index (χ4v) is 4.65. The predicted octanol–water partition coefficient (Wildman–Crippen LogP) is 3.38. The molecule has 10 heteroatoms. The molecular formula is C32H38N4O6. The number of esters is 1. The molecule has 2 atom stereocenters. The van der Waals surface area contributed by atoms with E-state index in [-0.39, 0.29) is 24.1 Å². The number of unbranched alkanes of at least 4 members (excludes halogenated alkanes) is 1. The van der Waals surface area contributed by atoms with Gasteiger partial charge in [-0.1, -0.05) is 48.9 Å². The van der Waals surface area contributed by atoms with Crippen LogP contribution in [-0.4, -0.2) is 55.6 Å². The van der Waals surface area contributed by atoms with Gasteiger partial charge < -0.3 is 26.8 Å². The van der Waals surface area contributed by atoms with Gasteiger partial charge in [0.05, 0.1) is 12.8 Å². The van der Waals surface area contributed by atoms with Crippen LogP contribution in [-0.2, 0) is 19.1 Å². The summed E-state index contributed by atoms with van der Waals surface area (Å²) in [7, 11) is 1.22. The first-order chi connectivity index (χ1) is 20.3. The van der Waals surface area contributed by atoms with E-state index in [1.165, 1.54) is 13.2 Å². The van der Waals surface area contributed by atoms with Gasteiger partial charge in [0.2, 0.25) is 17.5 Å². The topological polar surface area (TPSA) is 171 Å². The minimum atomic E-state index is -0.917. The summed E-state index contributed by atoms with van der Waals surface area (Å²) in [5.41, 5.74) is 11.8. The lowest BCUT2D eigenvalue weighted by molar-refractivity contribution is -0.146.